The molecule has 1 aromatic rings. The summed E-state index contributed by atoms with van der Waals surface area (Å²) < 4.78 is 1.45. The van der Waals surface area contributed by atoms with Gasteiger partial charge in [-0.2, -0.15) is 5.10 Å². The van der Waals surface area contributed by atoms with Crippen molar-refractivity contribution in [2.24, 2.45) is 0 Å². The fourth-order valence-electron chi connectivity index (χ4n) is 0.864. The number of nitrogens with zero attached hydrogens (tertiary/aromatic N) is 2. The molecule has 0 bridgehead atoms. The van der Waals surface area contributed by atoms with Gasteiger partial charge < -0.3 is 11.1 Å². The quantitative estimate of drug-likeness (QED) is 0.759. The molecule has 0 atom stereocenters. The van der Waals surface area contributed by atoms with Crippen molar-refractivity contribution in [1.82, 2.24) is 15.1 Å². The summed E-state index contributed by atoms with van der Waals surface area (Å²) in [6, 6.07) is 0. The zero-order valence-corrected chi connectivity index (χ0v) is 8.29. The molecular weight excluding hydrogens is 204 g/mol. The summed E-state index contributed by atoms with van der Waals surface area (Å²) in [7, 11) is 0. The maximum Gasteiger partial charge on any atom is 0.242 e. The van der Waals surface area contributed by atoms with Crippen molar-refractivity contribution in [3.8, 4) is 0 Å². The summed E-state index contributed by atoms with van der Waals surface area (Å²) in [6.07, 6.45) is 3.06. The van der Waals surface area contributed by atoms with Crippen LogP contribution in [-0.2, 0) is 11.3 Å². The summed E-state index contributed by atoms with van der Waals surface area (Å²) in [4.78, 5) is 11.2. The highest BCUT2D eigenvalue weighted by atomic mass is 35.5. The SMILES string of the molecule is C=C(Cl)CNC(=O)Cn1cc(N)cn1. The highest BCUT2D eigenvalue weighted by Gasteiger charge is 2.02. The molecule has 1 amide bonds. The van der Waals surface area contributed by atoms with Crippen molar-refractivity contribution in [2.75, 3.05) is 12.3 Å². The van der Waals surface area contributed by atoms with Crippen LogP contribution in [0.15, 0.2) is 24.0 Å². The summed E-state index contributed by atoms with van der Waals surface area (Å²) in [5.74, 6) is -0.185. The van der Waals surface area contributed by atoms with Crippen molar-refractivity contribution in [3.63, 3.8) is 0 Å². The van der Waals surface area contributed by atoms with Gasteiger partial charge in [-0.15, -0.1) is 0 Å². The van der Waals surface area contributed by atoms with E-state index in [0.717, 1.165) is 0 Å². The van der Waals surface area contributed by atoms with Crippen LogP contribution in [0, 0.1) is 0 Å². The Bertz CT molecular complexity index is 347. The number of nitrogen functional groups attached to an aromatic ring is 1. The monoisotopic (exact) mass is 214 g/mol. The average Bonchev–Trinajstić information content (AvgIpc) is 2.48. The number of carbonyl (C=O) groups excluding carboxylic acids is 1. The van der Waals surface area contributed by atoms with Crippen LogP contribution >= 0.6 is 11.6 Å². The zero-order chi connectivity index (χ0) is 10.6. The summed E-state index contributed by atoms with van der Waals surface area (Å²) >= 11 is 5.48. The van der Waals surface area contributed by atoms with Gasteiger partial charge in [-0.25, -0.2) is 0 Å². The Balaban J connectivity index is 2.37. The smallest absolute Gasteiger partial charge is 0.242 e. The topological polar surface area (TPSA) is 72.9 Å². The molecule has 0 aromatic carbocycles. The normalized spacial score (nSPS) is 9.79. The van der Waals surface area contributed by atoms with E-state index < -0.39 is 0 Å². The molecule has 0 aliphatic carbocycles. The molecule has 76 valence electrons. The minimum Gasteiger partial charge on any atom is -0.396 e. The molecule has 0 aliphatic heterocycles. The van der Waals surface area contributed by atoms with Gasteiger partial charge in [0.15, 0.2) is 0 Å². The van der Waals surface area contributed by atoms with Gasteiger partial charge in [0.25, 0.3) is 0 Å². The van der Waals surface area contributed by atoms with E-state index in [2.05, 4.69) is 17.0 Å². The fourth-order valence-corrected chi connectivity index (χ4v) is 0.930. The number of halogens is 1. The first-order valence-electron chi connectivity index (χ1n) is 3.96. The average molecular weight is 215 g/mol. The molecule has 1 heterocycles. The Hall–Kier alpha value is -1.49. The predicted molar refractivity (Wildman–Crippen MR) is 54.6 cm³/mol. The zero-order valence-electron chi connectivity index (χ0n) is 7.53. The number of hydrogen-bond donors (Lipinski definition) is 2. The van der Waals surface area contributed by atoms with E-state index in [1.54, 1.807) is 6.20 Å². The molecule has 14 heavy (non-hydrogen) atoms. The first-order valence-corrected chi connectivity index (χ1v) is 4.33. The van der Waals surface area contributed by atoms with E-state index in [9.17, 15) is 4.79 Å². The number of hydrogen-bond acceptors (Lipinski definition) is 3. The lowest BCUT2D eigenvalue weighted by Crippen LogP contribution is -2.28. The first kappa shape index (κ1) is 10.6. The molecule has 3 N–H and O–H groups in total. The lowest BCUT2D eigenvalue weighted by atomic mass is 10.5. The van der Waals surface area contributed by atoms with Gasteiger partial charge in [-0.05, 0) is 0 Å². The van der Waals surface area contributed by atoms with Crippen molar-refractivity contribution >= 4 is 23.2 Å². The van der Waals surface area contributed by atoms with Crippen molar-refractivity contribution in [3.05, 3.63) is 24.0 Å². The molecule has 1 rings (SSSR count). The van der Waals surface area contributed by atoms with Gasteiger partial charge in [0.2, 0.25) is 5.91 Å². The second kappa shape index (κ2) is 4.66. The van der Waals surface area contributed by atoms with Crippen LogP contribution in [-0.4, -0.2) is 22.2 Å². The Morgan fingerprint density at radius 1 is 1.79 bits per heavy atom. The summed E-state index contributed by atoms with van der Waals surface area (Å²) in [6.45, 7) is 3.83. The molecule has 5 nitrogen and oxygen atoms in total. The molecule has 0 radical (unpaired) electrons. The second-order valence-corrected chi connectivity index (χ2v) is 3.30. The van der Waals surface area contributed by atoms with Gasteiger partial charge >= 0.3 is 0 Å². The minimum absolute atomic E-state index is 0.126. The van der Waals surface area contributed by atoms with Crippen LogP contribution in [0.3, 0.4) is 0 Å². The Kier molecular flexibility index (Phi) is 3.53. The maximum absolute atomic E-state index is 11.2. The number of amides is 1. The number of aromatic nitrogens is 2. The number of nitrogens with two attached hydrogens (primary N) is 1. The number of carbonyl (C=O) groups is 1. The van der Waals surface area contributed by atoms with Crippen molar-refractivity contribution < 1.29 is 4.79 Å². The molecule has 1 aromatic heterocycles. The lowest BCUT2D eigenvalue weighted by molar-refractivity contribution is -0.121. The number of rotatable bonds is 4. The predicted octanol–water partition coefficient (Wildman–Crippen LogP) is 0.334. The Labute approximate surface area is 86.5 Å². The molecule has 0 fully saturated rings. The van der Waals surface area contributed by atoms with E-state index in [4.69, 9.17) is 17.3 Å². The second-order valence-electron chi connectivity index (χ2n) is 2.77. The third kappa shape index (κ3) is 3.49. The molecule has 0 saturated carbocycles. The highest BCUT2D eigenvalue weighted by molar-refractivity contribution is 6.29. The maximum atomic E-state index is 11.2. The van der Waals surface area contributed by atoms with Crippen LogP contribution in [0.2, 0.25) is 0 Å². The van der Waals surface area contributed by atoms with E-state index in [-0.39, 0.29) is 19.0 Å². The third-order valence-corrected chi connectivity index (χ3v) is 1.57. The van der Waals surface area contributed by atoms with Gasteiger partial charge in [-0.1, -0.05) is 18.2 Å². The molecule has 0 spiro atoms. The minimum atomic E-state index is -0.185. The van der Waals surface area contributed by atoms with Crippen LogP contribution in [0.5, 0.6) is 0 Å². The van der Waals surface area contributed by atoms with E-state index in [0.29, 0.717) is 10.7 Å². The lowest BCUT2D eigenvalue weighted by Gasteiger charge is -2.03. The standard InChI is InChI=1S/C8H11ClN4O/c1-6(9)2-11-8(14)5-13-4-7(10)3-12-13/h3-4H,1-2,5,10H2,(H,11,14). The molecular formula is C8H11ClN4O. The van der Waals surface area contributed by atoms with Crippen molar-refractivity contribution in [1.29, 1.82) is 0 Å². The van der Waals surface area contributed by atoms with Gasteiger partial charge in [0.05, 0.1) is 18.4 Å². The molecule has 0 aliphatic rings. The van der Waals surface area contributed by atoms with Crippen LogP contribution in [0.4, 0.5) is 5.69 Å². The Morgan fingerprint density at radius 3 is 3.00 bits per heavy atom. The van der Waals surface area contributed by atoms with Gasteiger partial charge in [-0.3, -0.25) is 9.48 Å². The summed E-state index contributed by atoms with van der Waals surface area (Å²) in [5.41, 5.74) is 5.95. The largest absolute Gasteiger partial charge is 0.396 e. The molecule has 0 unspecified atom stereocenters. The third-order valence-electron chi connectivity index (χ3n) is 1.44. The van der Waals surface area contributed by atoms with Crippen LogP contribution in [0.1, 0.15) is 0 Å². The van der Waals surface area contributed by atoms with E-state index in [1.165, 1.54) is 10.9 Å². The van der Waals surface area contributed by atoms with Crippen LogP contribution < -0.4 is 11.1 Å². The van der Waals surface area contributed by atoms with Crippen LogP contribution in [0.25, 0.3) is 0 Å². The van der Waals surface area contributed by atoms with E-state index in [1.807, 2.05) is 0 Å². The molecule has 0 saturated heterocycles. The molecule has 6 heteroatoms. The van der Waals surface area contributed by atoms with Crippen molar-refractivity contribution in [2.45, 2.75) is 6.54 Å². The summed E-state index contributed by atoms with van der Waals surface area (Å²) in [5, 5.41) is 6.81. The Morgan fingerprint density at radius 2 is 2.50 bits per heavy atom. The first-order chi connectivity index (χ1) is 6.58. The van der Waals surface area contributed by atoms with E-state index >= 15 is 0 Å². The number of nitrogens with one attached hydrogen (secondary N) is 1. The number of anilines is 1. The van der Waals surface area contributed by atoms with Gasteiger partial charge in [0.1, 0.15) is 6.54 Å². The highest BCUT2D eigenvalue weighted by Crippen LogP contribution is 1.97. The fraction of sp³-hybridized carbons (Fsp3) is 0.250. The van der Waals surface area contributed by atoms with Gasteiger partial charge in [0, 0.05) is 11.2 Å².